The summed E-state index contributed by atoms with van der Waals surface area (Å²) in [4.78, 5) is 11.8. The minimum Gasteiger partial charge on any atom is -0.372 e. The van der Waals surface area contributed by atoms with E-state index in [-0.39, 0.29) is 12.4 Å². The molecule has 1 aliphatic rings. The summed E-state index contributed by atoms with van der Waals surface area (Å²) < 4.78 is 5.47. The molecule has 1 saturated carbocycles. The van der Waals surface area contributed by atoms with Gasteiger partial charge in [0.15, 0.2) is 5.78 Å². The zero-order valence-electron chi connectivity index (χ0n) is 11.3. The molecular formula is C16H22O2S. The fourth-order valence-electron chi connectivity index (χ4n) is 2.38. The molecule has 0 unspecified atom stereocenters. The summed E-state index contributed by atoms with van der Waals surface area (Å²) in [7, 11) is 0. The summed E-state index contributed by atoms with van der Waals surface area (Å²) >= 11 is 2.01. The molecule has 0 aromatic heterocycles. The van der Waals surface area contributed by atoms with Gasteiger partial charge < -0.3 is 4.74 Å². The van der Waals surface area contributed by atoms with Crippen LogP contribution in [0.15, 0.2) is 30.3 Å². The highest BCUT2D eigenvalue weighted by molar-refractivity contribution is 7.99. The molecule has 0 amide bonds. The van der Waals surface area contributed by atoms with E-state index in [0.717, 1.165) is 16.6 Å². The number of hydrogen-bond donors (Lipinski definition) is 0. The Morgan fingerprint density at radius 3 is 2.63 bits per heavy atom. The van der Waals surface area contributed by atoms with Gasteiger partial charge in [0, 0.05) is 16.6 Å². The zero-order valence-corrected chi connectivity index (χ0v) is 12.2. The average Bonchev–Trinajstić information content (AvgIpc) is 2.49. The van der Waals surface area contributed by atoms with Crippen LogP contribution in [0.25, 0.3) is 0 Å². The third-order valence-corrected chi connectivity index (χ3v) is 4.81. The highest BCUT2D eigenvalue weighted by Gasteiger charge is 2.13. The topological polar surface area (TPSA) is 26.3 Å². The Balaban J connectivity index is 1.55. The maximum absolute atomic E-state index is 11.8. The van der Waals surface area contributed by atoms with Crippen molar-refractivity contribution in [1.82, 2.24) is 0 Å². The second-order valence-corrected chi connectivity index (χ2v) is 6.38. The predicted molar refractivity (Wildman–Crippen MR) is 80.9 cm³/mol. The van der Waals surface area contributed by atoms with Gasteiger partial charge in [0.1, 0.15) is 6.61 Å². The van der Waals surface area contributed by atoms with E-state index < -0.39 is 0 Å². The second kappa shape index (κ2) is 8.39. The van der Waals surface area contributed by atoms with Crippen molar-refractivity contribution in [3.63, 3.8) is 0 Å². The molecule has 1 aromatic rings. The number of ketones is 1. The fourth-order valence-corrected chi connectivity index (χ4v) is 3.59. The monoisotopic (exact) mass is 278 g/mol. The van der Waals surface area contributed by atoms with Gasteiger partial charge in [-0.3, -0.25) is 4.79 Å². The molecule has 19 heavy (non-hydrogen) atoms. The van der Waals surface area contributed by atoms with Crippen LogP contribution in [0.1, 0.15) is 42.5 Å². The van der Waals surface area contributed by atoms with E-state index >= 15 is 0 Å². The van der Waals surface area contributed by atoms with E-state index in [1.807, 2.05) is 42.1 Å². The van der Waals surface area contributed by atoms with Crippen molar-refractivity contribution < 1.29 is 9.53 Å². The lowest BCUT2D eigenvalue weighted by atomic mass is 10.0. The van der Waals surface area contributed by atoms with Gasteiger partial charge in [0.25, 0.3) is 0 Å². The lowest BCUT2D eigenvalue weighted by molar-refractivity contribution is 0.0787. The first-order valence-corrected chi connectivity index (χ1v) is 8.19. The van der Waals surface area contributed by atoms with Crippen molar-refractivity contribution in [2.75, 3.05) is 19.0 Å². The third kappa shape index (κ3) is 5.37. The maximum Gasteiger partial charge on any atom is 0.188 e. The summed E-state index contributed by atoms with van der Waals surface area (Å²) in [6.45, 7) is 0.884. The number of carbonyl (C=O) groups excluding carboxylic acids is 1. The van der Waals surface area contributed by atoms with Gasteiger partial charge in [-0.05, 0) is 12.8 Å². The van der Waals surface area contributed by atoms with E-state index in [4.69, 9.17) is 4.74 Å². The van der Waals surface area contributed by atoms with Crippen molar-refractivity contribution in [1.29, 1.82) is 0 Å². The largest absolute Gasteiger partial charge is 0.372 e. The molecule has 0 atom stereocenters. The lowest BCUT2D eigenvalue weighted by Crippen LogP contribution is -2.13. The molecule has 1 aromatic carbocycles. The van der Waals surface area contributed by atoms with Crippen LogP contribution in [0.2, 0.25) is 0 Å². The molecule has 3 heteroatoms. The van der Waals surface area contributed by atoms with Crippen molar-refractivity contribution in [2.24, 2.45) is 0 Å². The summed E-state index contributed by atoms with van der Waals surface area (Å²) in [5.41, 5.74) is 0.738. The lowest BCUT2D eigenvalue weighted by Gasteiger charge is -2.20. The summed E-state index contributed by atoms with van der Waals surface area (Å²) in [5, 5.41) is 0.821. The first-order valence-electron chi connectivity index (χ1n) is 7.14. The van der Waals surface area contributed by atoms with Crippen LogP contribution >= 0.6 is 11.8 Å². The molecule has 0 radical (unpaired) electrons. The van der Waals surface area contributed by atoms with Gasteiger partial charge in [-0.25, -0.2) is 0 Å². The van der Waals surface area contributed by atoms with E-state index in [2.05, 4.69) is 0 Å². The van der Waals surface area contributed by atoms with Crippen LogP contribution in [-0.4, -0.2) is 30.0 Å². The highest BCUT2D eigenvalue weighted by atomic mass is 32.2. The Bertz CT molecular complexity index is 372. The highest BCUT2D eigenvalue weighted by Crippen LogP contribution is 2.27. The first kappa shape index (κ1) is 14.6. The van der Waals surface area contributed by atoms with Crippen molar-refractivity contribution in [3.8, 4) is 0 Å². The molecule has 0 heterocycles. The Labute approximate surface area is 119 Å². The van der Waals surface area contributed by atoms with Gasteiger partial charge in [-0.15, -0.1) is 0 Å². The quantitative estimate of drug-likeness (QED) is 0.558. The van der Waals surface area contributed by atoms with Crippen molar-refractivity contribution in [3.05, 3.63) is 35.9 Å². The number of Topliss-reactive ketones (excluding diaryl/α,β-unsaturated/α-hetero) is 1. The normalized spacial score (nSPS) is 16.4. The third-order valence-electron chi connectivity index (χ3n) is 3.46. The smallest absolute Gasteiger partial charge is 0.188 e. The van der Waals surface area contributed by atoms with Gasteiger partial charge in [-0.2, -0.15) is 11.8 Å². The SMILES string of the molecule is O=C(COCCSC1CCCCC1)c1ccccc1. The number of hydrogen-bond acceptors (Lipinski definition) is 3. The number of thioether (sulfide) groups is 1. The molecule has 0 saturated heterocycles. The molecule has 1 fully saturated rings. The van der Waals surface area contributed by atoms with Gasteiger partial charge in [0.05, 0.1) is 6.61 Å². The Hall–Kier alpha value is -0.800. The Kier molecular flexibility index (Phi) is 6.45. The molecule has 0 bridgehead atoms. The number of ether oxygens (including phenoxy) is 1. The minimum atomic E-state index is 0.0725. The standard InChI is InChI=1S/C16H22O2S/c17-16(14-7-3-1-4-8-14)13-18-11-12-19-15-9-5-2-6-10-15/h1,3-4,7-8,15H,2,5-6,9-13H2. The molecule has 1 aliphatic carbocycles. The average molecular weight is 278 g/mol. The van der Waals surface area contributed by atoms with Crippen LogP contribution in [0, 0.1) is 0 Å². The minimum absolute atomic E-state index is 0.0725. The van der Waals surface area contributed by atoms with Crippen LogP contribution in [0.4, 0.5) is 0 Å². The molecular weight excluding hydrogens is 256 g/mol. The van der Waals surface area contributed by atoms with Crippen LogP contribution in [0.5, 0.6) is 0 Å². The predicted octanol–water partition coefficient (Wildman–Crippen LogP) is 3.95. The number of rotatable bonds is 7. The first-order chi connectivity index (χ1) is 9.36. The van der Waals surface area contributed by atoms with Gasteiger partial charge in [-0.1, -0.05) is 49.6 Å². The number of carbonyl (C=O) groups is 1. The Morgan fingerprint density at radius 1 is 1.16 bits per heavy atom. The van der Waals surface area contributed by atoms with E-state index in [1.165, 1.54) is 32.1 Å². The van der Waals surface area contributed by atoms with Crippen molar-refractivity contribution in [2.45, 2.75) is 37.4 Å². The molecule has 0 aliphatic heterocycles. The summed E-state index contributed by atoms with van der Waals surface area (Å²) in [6.07, 6.45) is 6.87. The molecule has 2 nitrogen and oxygen atoms in total. The van der Waals surface area contributed by atoms with Crippen LogP contribution in [-0.2, 0) is 4.74 Å². The van der Waals surface area contributed by atoms with E-state index in [1.54, 1.807) is 0 Å². The molecule has 0 spiro atoms. The molecule has 104 valence electrons. The van der Waals surface area contributed by atoms with E-state index in [0.29, 0.717) is 6.61 Å². The molecule has 2 rings (SSSR count). The Morgan fingerprint density at radius 2 is 1.89 bits per heavy atom. The summed E-state index contributed by atoms with van der Waals surface area (Å²) in [5.74, 6) is 1.08. The molecule has 0 N–H and O–H groups in total. The fraction of sp³-hybridized carbons (Fsp3) is 0.562. The van der Waals surface area contributed by atoms with Crippen molar-refractivity contribution >= 4 is 17.5 Å². The zero-order chi connectivity index (χ0) is 13.3. The second-order valence-electron chi connectivity index (χ2n) is 4.97. The maximum atomic E-state index is 11.8. The van der Waals surface area contributed by atoms with Gasteiger partial charge >= 0.3 is 0 Å². The van der Waals surface area contributed by atoms with Crippen LogP contribution in [0.3, 0.4) is 0 Å². The van der Waals surface area contributed by atoms with E-state index in [9.17, 15) is 4.79 Å². The van der Waals surface area contributed by atoms with Gasteiger partial charge in [0.2, 0.25) is 0 Å². The number of benzene rings is 1. The summed E-state index contributed by atoms with van der Waals surface area (Å²) in [6, 6.07) is 9.35. The van der Waals surface area contributed by atoms with Crippen LogP contribution < -0.4 is 0 Å².